The van der Waals surface area contributed by atoms with Crippen molar-refractivity contribution < 1.29 is 5.11 Å². The number of hydrogen-bond donors (Lipinski definition) is 1. The van der Waals surface area contributed by atoms with E-state index >= 15 is 0 Å². The maximum Gasteiger partial charge on any atom is 0.142 e. The van der Waals surface area contributed by atoms with Crippen molar-refractivity contribution in [3.05, 3.63) is 129 Å². The summed E-state index contributed by atoms with van der Waals surface area (Å²) in [4.78, 5) is 0. The second-order valence-electron chi connectivity index (χ2n) is 6.47. The minimum Gasteiger partial charge on any atom is -0.376 e. The van der Waals surface area contributed by atoms with Crippen LogP contribution in [0.4, 0.5) is 0 Å². The minimum atomic E-state index is -1.24. The molecule has 0 heterocycles. The normalized spacial score (nSPS) is 13.1. The highest BCUT2D eigenvalue weighted by Crippen LogP contribution is 2.42. The lowest BCUT2D eigenvalue weighted by molar-refractivity contribution is 0.125. The van der Waals surface area contributed by atoms with Gasteiger partial charge in [0.05, 0.1) is 0 Å². The monoisotopic (exact) mass is 462 g/mol. The van der Waals surface area contributed by atoms with E-state index in [-0.39, 0.29) is 0 Å². The van der Waals surface area contributed by atoms with Crippen molar-refractivity contribution in [2.45, 2.75) is 5.60 Å². The Bertz CT molecular complexity index is 1040. The van der Waals surface area contributed by atoms with Gasteiger partial charge in [-0.2, -0.15) is 0 Å². The summed E-state index contributed by atoms with van der Waals surface area (Å²) in [5.41, 5.74) is 3.51. The first-order valence-corrected chi connectivity index (χ1v) is 9.97. The Morgan fingerprint density at radius 3 is 1.74 bits per heavy atom. The molecule has 1 atom stereocenters. The highest BCUT2D eigenvalue weighted by atomic mass is 127. The number of hydrogen-bond acceptors (Lipinski definition) is 1. The third-order valence-corrected chi connectivity index (χ3v) is 5.80. The van der Waals surface area contributed by atoms with Crippen LogP contribution in [0, 0.1) is 3.57 Å². The molecule has 27 heavy (non-hydrogen) atoms. The highest BCUT2D eigenvalue weighted by Gasteiger charge is 2.37. The SMILES string of the molecule is OC(c1ccccc1)(c1ccccc1I)c1ccccc1-c1ccccc1. The maximum absolute atomic E-state index is 12.2. The molecular formula is C25H19IO. The average molecular weight is 462 g/mol. The van der Waals surface area contributed by atoms with Crippen LogP contribution in [0.15, 0.2) is 109 Å². The van der Waals surface area contributed by atoms with Crippen molar-refractivity contribution >= 4 is 22.6 Å². The molecule has 2 heteroatoms. The Hall–Kier alpha value is -2.43. The van der Waals surface area contributed by atoms with Gasteiger partial charge in [0.2, 0.25) is 0 Å². The van der Waals surface area contributed by atoms with Crippen LogP contribution in [-0.2, 0) is 5.60 Å². The first-order chi connectivity index (χ1) is 13.2. The molecule has 0 bridgehead atoms. The van der Waals surface area contributed by atoms with Crippen LogP contribution in [0.1, 0.15) is 16.7 Å². The van der Waals surface area contributed by atoms with Gasteiger partial charge < -0.3 is 5.11 Å². The summed E-state index contributed by atoms with van der Waals surface area (Å²) in [6.07, 6.45) is 0. The van der Waals surface area contributed by atoms with Crippen molar-refractivity contribution in [1.82, 2.24) is 0 Å². The molecule has 0 aliphatic carbocycles. The first-order valence-electron chi connectivity index (χ1n) is 8.89. The molecule has 0 spiro atoms. The lowest BCUT2D eigenvalue weighted by Crippen LogP contribution is -2.30. The van der Waals surface area contributed by atoms with Crippen LogP contribution in [0.5, 0.6) is 0 Å². The highest BCUT2D eigenvalue weighted by molar-refractivity contribution is 14.1. The summed E-state index contributed by atoms with van der Waals surface area (Å²) in [7, 11) is 0. The molecule has 1 N–H and O–H groups in total. The van der Waals surface area contributed by atoms with Gasteiger partial charge in [-0.25, -0.2) is 0 Å². The molecule has 0 aliphatic rings. The molecule has 0 saturated heterocycles. The van der Waals surface area contributed by atoms with Gasteiger partial charge in [-0.05, 0) is 45.3 Å². The standard InChI is InChI=1S/C25H19IO/c26-24-18-10-9-17-23(24)25(27,20-13-5-2-6-14-20)22-16-8-7-15-21(22)19-11-3-1-4-12-19/h1-18,27H. The molecule has 0 amide bonds. The van der Waals surface area contributed by atoms with Gasteiger partial charge >= 0.3 is 0 Å². The Balaban J connectivity index is 2.04. The van der Waals surface area contributed by atoms with Crippen LogP contribution in [0.2, 0.25) is 0 Å². The van der Waals surface area contributed by atoms with Gasteiger partial charge in [-0.3, -0.25) is 0 Å². The van der Waals surface area contributed by atoms with E-state index in [1.807, 2.05) is 91.0 Å². The fraction of sp³-hybridized carbons (Fsp3) is 0.0400. The van der Waals surface area contributed by atoms with Gasteiger partial charge in [-0.15, -0.1) is 0 Å². The molecule has 4 rings (SSSR count). The second-order valence-corrected chi connectivity index (χ2v) is 7.63. The fourth-order valence-corrected chi connectivity index (χ4v) is 4.34. The van der Waals surface area contributed by atoms with E-state index in [0.717, 1.165) is 31.4 Å². The van der Waals surface area contributed by atoms with Crippen LogP contribution in [-0.4, -0.2) is 5.11 Å². The number of benzene rings is 4. The van der Waals surface area contributed by atoms with E-state index in [4.69, 9.17) is 0 Å². The molecule has 132 valence electrons. The van der Waals surface area contributed by atoms with Gasteiger partial charge in [0.1, 0.15) is 5.60 Å². The molecule has 0 radical (unpaired) electrons. The van der Waals surface area contributed by atoms with Gasteiger partial charge in [0.15, 0.2) is 0 Å². The van der Waals surface area contributed by atoms with E-state index in [1.54, 1.807) is 0 Å². The summed E-state index contributed by atoms with van der Waals surface area (Å²) in [5.74, 6) is 0. The lowest BCUT2D eigenvalue weighted by atomic mass is 9.77. The zero-order valence-corrected chi connectivity index (χ0v) is 16.9. The molecular weight excluding hydrogens is 443 g/mol. The molecule has 0 aliphatic heterocycles. The van der Waals surface area contributed by atoms with E-state index in [9.17, 15) is 5.11 Å². The number of rotatable bonds is 4. The summed E-state index contributed by atoms with van der Waals surface area (Å²) in [6, 6.07) is 36.3. The largest absolute Gasteiger partial charge is 0.376 e. The van der Waals surface area contributed by atoms with E-state index in [2.05, 4.69) is 40.8 Å². The van der Waals surface area contributed by atoms with Crippen molar-refractivity contribution in [3.63, 3.8) is 0 Å². The van der Waals surface area contributed by atoms with E-state index in [1.165, 1.54) is 0 Å². The summed E-state index contributed by atoms with van der Waals surface area (Å²) in [6.45, 7) is 0. The van der Waals surface area contributed by atoms with Crippen molar-refractivity contribution in [2.75, 3.05) is 0 Å². The zero-order chi connectivity index (χ0) is 18.7. The van der Waals surface area contributed by atoms with Crippen LogP contribution >= 0.6 is 22.6 Å². The lowest BCUT2D eigenvalue weighted by Gasteiger charge is -2.33. The molecule has 0 saturated carbocycles. The third-order valence-electron chi connectivity index (χ3n) is 4.86. The van der Waals surface area contributed by atoms with Crippen molar-refractivity contribution in [1.29, 1.82) is 0 Å². The van der Waals surface area contributed by atoms with Crippen LogP contribution in [0.3, 0.4) is 0 Å². The molecule has 4 aromatic rings. The van der Waals surface area contributed by atoms with Crippen molar-refractivity contribution in [2.24, 2.45) is 0 Å². The average Bonchev–Trinajstić information content (AvgIpc) is 2.75. The van der Waals surface area contributed by atoms with E-state index in [0.29, 0.717) is 0 Å². The van der Waals surface area contributed by atoms with E-state index < -0.39 is 5.60 Å². The van der Waals surface area contributed by atoms with Crippen molar-refractivity contribution in [3.8, 4) is 11.1 Å². The molecule has 0 aromatic heterocycles. The second kappa shape index (κ2) is 7.67. The topological polar surface area (TPSA) is 20.2 Å². The van der Waals surface area contributed by atoms with Gasteiger partial charge in [0, 0.05) is 14.7 Å². The first kappa shape index (κ1) is 18.0. The third kappa shape index (κ3) is 3.31. The van der Waals surface area contributed by atoms with Gasteiger partial charge in [-0.1, -0.05) is 103 Å². The van der Waals surface area contributed by atoms with Gasteiger partial charge in [0.25, 0.3) is 0 Å². The minimum absolute atomic E-state index is 0.859. The number of aliphatic hydroxyl groups is 1. The Morgan fingerprint density at radius 2 is 1.07 bits per heavy atom. The predicted octanol–water partition coefficient (Wildman–Crippen LogP) is 6.24. The predicted molar refractivity (Wildman–Crippen MR) is 120 cm³/mol. The van der Waals surface area contributed by atoms with Crippen LogP contribution in [0.25, 0.3) is 11.1 Å². The van der Waals surface area contributed by atoms with Crippen LogP contribution < -0.4 is 0 Å². The summed E-state index contributed by atoms with van der Waals surface area (Å²) >= 11 is 2.31. The Morgan fingerprint density at radius 1 is 0.556 bits per heavy atom. The molecule has 1 unspecified atom stereocenters. The summed E-state index contributed by atoms with van der Waals surface area (Å²) < 4.78 is 1.03. The maximum atomic E-state index is 12.2. The number of halogens is 1. The quantitative estimate of drug-likeness (QED) is 0.281. The zero-order valence-electron chi connectivity index (χ0n) is 14.7. The summed E-state index contributed by atoms with van der Waals surface area (Å²) in [5, 5.41) is 12.2. The molecule has 1 nitrogen and oxygen atoms in total. The smallest absolute Gasteiger partial charge is 0.142 e. The molecule has 4 aromatic carbocycles. The Kier molecular flexibility index (Phi) is 5.10. The Labute approximate surface area is 173 Å². The molecule has 0 fully saturated rings. The fourth-order valence-electron chi connectivity index (χ4n) is 3.56.